The van der Waals surface area contributed by atoms with Crippen LogP contribution in [-0.4, -0.2) is 17.5 Å². The van der Waals surface area contributed by atoms with Crippen LogP contribution in [0.5, 0.6) is 5.75 Å². The monoisotopic (exact) mass is 226 g/mol. The van der Waals surface area contributed by atoms with Gasteiger partial charge in [-0.3, -0.25) is 0 Å². The summed E-state index contributed by atoms with van der Waals surface area (Å²) in [6.07, 6.45) is -0.498. The van der Waals surface area contributed by atoms with Crippen LogP contribution in [0.25, 0.3) is 0 Å². The second-order valence-corrected chi connectivity index (χ2v) is 5.33. The molecule has 0 radical (unpaired) electrons. The molecule has 0 aromatic heterocycles. The SMILES string of the molecule is COc1cccc(SC(C)C)c1[C@@H](C)O. The zero-order valence-electron chi connectivity index (χ0n) is 9.65. The maximum absolute atomic E-state index is 9.74. The molecule has 15 heavy (non-hydrogen) atoms. The van der Waals surface area contributed by atoms with Crippen molar-refractivity contribution in [3.8, 4) is 5.75 Å². The predicted octanol–water partition coefficient (Wildman–Crippen LogP) is 3.25. The van der Waals surface area contributed by atoms with Crippen LogP contribution < -0.4 is 4.74 Å². The lowest BCUT2D eigenvalue weighted by atomic mass is 10.1. The molecule has 1 aromatic carbocycles. The van der Waals surface area contributed by atoms with E-state index in [0.717, 1.165) is 16.2 Å². The first-order valence-electron chi connectivity index (χ1n) is 5.08. The third-order valence-corrected chi connectivity index (χ3v) is 3.11. The van der Waals surface area contributed by atoms with E-state index in [2.05, 4.69) is 13.8 Å². The minimum atomic E-state index is -0.498. The van der Waals surface area contributed by atoms with Crippen molar-refractivity contribution in [2.75, 3.05) is 7.11 Å². The zero-order valence-corrected chi connectivity index (χ0v) is 10.5. The third kappa shape index (κ3) is 3.14. The first kappa shape index (κ1) is 12.4. The Kier molecular flexibility index (Phi) is 4.48. The largest absolute Gasteiger partial charge is 0.496 e. The van der Waals surface area contributed by atoms with E-state index in [9.17, 15) is 5.11 Å². The number of hydrogen-bond donors (Lipinski definition) is 1. The van der Waals surface area contributed by atoms with E-state index in [1.807, 2.05) is 18.2 Å². The van der Waals surface area contributed by atoms with Crippen molar-refractivity contribution in [2.24, 2.45) is 0 Å². The highest BCUT2D eigenvalue weighted by Gasteiger charge is 2.14. The van der Waals surface area contributed by atoms with Gasteiger partial charge >= 0.3 is 0 Å². The quantitative estimate of drug-likeness (QED) is 0.799. The van der Waals surface area contributed by atoms with Crippen LogP contribution in [0, 0.1) is 0 Å². The second kappa shape index (κ2) is 5.42. The number of hydrogen-bond acceptors (Lipinski definition) is 3. The van der Waals surface area contributed by atoms with Crippen molar-refractivity contribution >= 4 is 11.8 Å². The number of rotatable bonds is 4. The van der Waals surface area contributed by atoms with Crippen LogP contribution in [-0.2, 0) is 0 Å². The van der Waals surface area contributed by atoms with Gasteiger partial charge in [0.15, 0.2) is 0 Å². The molecule has 0 aliphatic carbocycles. The molecule has 3 heteroatoms. The molecule has 0 heterocycles. The van der Waals surface area contributed by atoms with Crippen LogP contribution in [0.4, 0.5) is 0 Å². The van der Waals surface area contributed by atoms with E-state index in [0.29, 0.717) is 5.25 Å². The maximum Gasteiger partial charge on any atom is 0.125 e. The Morgan fingerprint density at radius 2 is 1.93 bits per heavy atom. The molecular formula is C12H18O2S. The average Bonchev–Trinajstić information content (AvgIpc) is 2.15. The third-order valence-electron chi connectivity index (χ3n) is 2.03. The summed E-state index contributed by atoms with van der Waals surface area (Å²) >= 11 is 1.74. The summed E-state index contributed by atoms with van der Waals surface area (Å²) in [5.74, 6) is 0.760. The average molecular weight is 226 g/mol. The normalized spacial score (nSPS) is 12.9. The molecule has 0 spiro atoms. The molecule has 0 aliphatic heterocycles. The Morgan fingerprint density at radius 3 is 2.40 bits per heavy atom. The summed E-state index contributed by atoms with van der Waals surface area (Å²) in [6.45, 7) is 6.04. The molecule has 0 amide bonds. The fourth-order valence-corrected chi connectivity index (χ4v) is 2.53. The van der Waals surface area contributed by atoms with Gasteiger partial charge in [-0.05, 0) is 19.1 Å². The Hall–Kier alpha value is -0.670. The molecule has 0 bridgehead atoms. The van der Waals surface area contributed by atoms with Crippen molar-refractivity contribution in [1.29, 1.82) is 0 Å². The van der Waals surface area contributed by atoms with Crippen molar-refractivity contribution < 1.29 is 9.84 Å². The number of thioether (sulfide) groups is 1. The summed E-state index contributed by atoms with van der Waals surface area (Å²) in [7, 11) is 1.63. The van der Waals surface area contributed by atoms with Gasteiger partial charge in [-0.15, -0.1) is 11.8 Å². The fraction of sp³-hybridized carbons (Fsp3) is 0.500. The summed E-state index contributed by atoms with van der Waals surface area (Å²) < 4.78 is 5.26. The lowest BCUT2D eigenvalue weighted by Crippen LogP contribution is -2.00. The van der Waals surface area contributed by atoms with Gasteiger partial charge in [-0.1, -0.05) is 19.9 Å². The van der Waals surface area contributed by atoms with Crippen molar-refractivity contribution in [1.82, 2.24) is 0 Å². The molecule has 2 nitrogen and oxygen atoms in total. The van der Waals surface area contributed by atoms with Crippen LogP contribution in [0.2, 0.25) is 0 Å². The second-order valence-electron chi connectivity index (χ2n) is 3.71. The molecule has 0 aliphatic rings. The molecule has 1 aromatic rings. The standard InChI is InChI=1S/C12H18O2S/c1-8(2)15-11-7-5-6-10(14-4)12(11)9(3)13/h5-9,13H,1-4H3/t9-/m1/s1. The summed E-state index contributed by atoms with van der Waals surface area (Å²) in [5.41, 5.74) is 0.888. The molecule has 1 atom stereocenters. The summed E-state index contributed by atoms with van der Waals surface area (Å²) in [6, 6.07) is 5.86. The smallest absolute Gasteiger partial charge is 0.125 e. The predicted molar refractivity (Wildman–Crippen MR) is 64.6 cm³/mol. The van der Waals surface area contributed by atoms with Crippen molar-refractivity contribution in [3.05, 3.63) is 23.8 Å². The van der Waals surface area contributed by atoms with E-state index >= 15 is 0 Å². The number of methoxy groups -OCH3 is 1. The van der Waals surface area contributed by atoms with Crippen LogP contribution >= 0.6 is 11.8 Å². The molecule has 0 saturated heterocycles. The zero-order chi connectivity index (χ0) is 11.4. The van der Waals surface area contributed by atoms with Gasteiger partial charge in [0.05, 0.1) is 13.2 Å². The van der Waals surface area contributed by atoms with Gasteiger partial charge in [0, 0.05) is 15.7 Å². The summed E-state index contributed by atoms with van der Waals surface area (Å²) in [4.78, 5) is 1.10. The number of ether oxygens (including phenoxy) is 1. The van der Waals surface area contributed by atoms with Crippen molar-refractivity contribution in [3.63, 3.8) is 0 Å². The lowest BCUT2D eigenvalue weighted by Gasteiger charge is -2.16. The Balaban J connectivity index is 3.13. The molecule has 0 saturated carbocycles. The fourth-order valence-electron chi connectivity index (χ4n) is 1.47. The minimum absolute atomic E-state index is 0.495. The van der Waals surface area contributed by atoms with E-state index in [-0.39, 0.29) is 0 Å². The Morgan fingerprint density at radius 1 is 1.27 bits per heavy atom. The first-order valence-corrected chi connectivity index (χ1v) is 5.95. The molecule has 1 rings (SSSR count). The van der Waals surface area contributed by atoms with Crippen LogP contribution in [0.15, 0.2) is 23.1 Å². The number of aliphatic hydroxyl groups excluding tert-OH is 1. The van der Waals surface area contributed by atoms with E-state index in [1.165, 1.54) is 0 Å². The highest BCUT2D eigenvalue weighted by atomic mass is 32.2. The molecular weight excluding hydrogens is 208 g/mol. The number of aliphatic hydroxyl groups is 1. The molecule has 0 fully saturated rings. The van der Waals surface area contributed by atoms with E-state index in [4.69, 9.17) is 4.74 Å². The molecule has 84 valence electrons. The molecule has 0 unspecified atom stereocenters. The minimum Gasteiger partial charge on any atom is -0.496 e. The topological polar surface area (TPSA) is 29.5 Å². The Bertz CT molecular complexity index is 321. The van der Waals surface area contributed by atoms with Gasteiger partial charge in [0.25, 0.3) is 0 Å². The van der Waals surface area contributed by atoms with Crippen molar-refractivity contribution in [2.45, 2.75) is 37.0 Å². The lowest BCUT2D eigenvalue weighted by molar-refractivity contribution is 0.191. The highest BCUT2D eigenvalue weighted by molar-refractivity contribution is 8.00. The molecule has 1 N–H and O–H groups in total. The van der Waals surface area contributed by atoms with Crippen LogP contribution in [0.3, 0.4) is 0 Å². The maximum atomic E-state index is 9.74. The summed E-state index contributed by atoms with van der Waals surface area (Å²) in [5, 5.41) is 10.2. The highest BCUT2D eigenvalue weighted by Crippen LogP contribution is 2.36. The van der Waals surface area contributed by atoms with Gasteiger partial charge < -0.3 is 9.84 Å². The van der Waals surface area contributed by atoms with E-state index in [1.54, 1.807) is 25.8 Å². The van der Waals surface area contributed by atoms with Gasteiger partial charge in [0.1, 0.15) is 5.75 Å². The number of benzene rings is 1. The Labute approximate surface area is 95.7 Å². The van der Waals surface area contributed by atoms with E-state index < -0.39 is 6.10 Å². The van der Waals surface area contributed by atoms with Gasteiger partial charge in [0.2, 0.25) is 0 Å². The van der Waals surface area contributed by atoms with Gasteiger partial charge in [-0.25, -0.2) is 0 Å². The van der Waals surface area contributed by atoms with Gasteiger partial charge in [-0.2, -0.15) is 0 Å². The van der Waals surface area contributed by atoms with Crippen LogP contribution in [0.1, 0.15) is 32.4 Å². The first-order chi connectivity index (χ1) is 7.06.